The van der Waals surface area contributed by atoms with Crippen LogP contribution in [0.2, 0.25) is 0 Å². The number of fused-ring (bicyclic) bond motifs is 1. The Morgan fingerprint density at radius 2 is 2.14 bits per heavy atom. The number of H-pyrrole nitrogens is 1. The lowest BCUT2D eigenvalue weighted by Gasteiger charge is -2.10. The Morgan fingerprint density at radius 1 is 1.36 bits per heavy atom. The van der Waals surface area contributed by atoms with E-state index in [0.717, 1.165) is 22.7 Å². The molecule has 0 radical (unpaired) electrons. The lowest BCUT2D eigenvalue weighted by Crippen LogP contribution is -2.12. The first-order valence-corrected chi connectivity index (χ1v) is 4.75. The molecular formula is C10H14N4. The molecule has 0 saturated carbocycles. The average molecular weight is 190 g/mol. The number of hydrogen-bond donors (Lipinski definition) is 2. The normalized spacial score (nSPS) is 11.1. The van der Waals surface area contributed by atoms with Crippen LogP contribution < -0.4 is 5.32 Å². The molecule has 0 aromatic carbocycles. The number of anilines is 1. The highest BCUT2D eigenvalue weighted by Crippen LogP contribution is 2.19. The van der Waals surface area contributed by atoms with E-state index >= 15 is 0 Å². The molecule has 0 aliphatic rings. The zero-order valence-electron chi connectivity index (χ0n) is 8.63. The highest BCUT2D eigenvalue weighted by atomic mass is 15.1. The van der Waals surface area contributed by atoms with Gasteiger partial charge in [-0.3, -0.25) is 0 Å². The van der Waals surface area contributed by atoms with E-state index in [-0.39, 0.29) is 0 Å². The summed E-state index contributed by atoms with van der Waals surface area (Å²) in [6.45, 7) is 6.08. The summed E-state index contributed by atoms with van der Waals surface area (Å²) in [7, 11) is 0. The second kappa shape index (κ2) is 3.29. The van der Waals surface area contributed by atoms with E-state index in [1.54, 1.807) is 0 Å². The van der Waals surface area contributed by atoms with Crippen LogP contribution in [-0.4, -0.2) is 21.0 Å². The van der Waals surface area contributed by atoms with Gasteiger partial charge in [0.2, 0.25) is 0 Å². The van der Waals surface area contributed by atoms with Gasteiger partial charge in [0.1, 0.15) is 17.3 Å². The molecule has 0 spiro atoms. The molecule has 2 N–H and O–H groups in total. The molecule has 0 aliphatic carbocycles. The lowest BCUT2D eigenvalue weighted by atomic mass is 10.3. The molecule has 0 fully saturated rings. The van der Waals surface area contributed by atoms with Gasteiger partial charge < -0.3 is 10.3 Å². The first-order valence-electron chi connectivity index (χ1n) is 4.75. The van der Waals surface area contributed by atoms with Gasteiger partial charge in [-0.1, -0.05) is 0 Å². The van der Waals surface area contributed by atoms with Gasteiger partial charge in [-0.05, 0) is 26.8 Å². The first kappa shape index (κ1) is 8.99. The largest absolute Gasteiger partial charge is 0.367 e. The van der Waals surface area contributed by atoms with Crippen molar-refractivity contribution in [1.82, 2.24) is 15.0 Å². The zero-order valence-corrected chi connectivity index (χ0v) is 8.63. The third-order valence-corrected chi connectivity index (χ3v) is 1.95. The van der Waals surface area contributed by atoms with Gasteiger partial charge in [0, 0.05) is 12.2 Å². The zero-order chi connectivity index (χ0) is 10.1. The van der Waals surface area contributed by atoms with E-state index in [1.165, 1.54) is 0 Å². The Balaban J connectivity index is 2.55. The van der Waals surface area contributed by atoms with E-state index in [4.69, 9.17) is 0 Å². The Morgan fingerprint density at radius 3 is 2.86 bits per heavy atom. The molecule has 74 valence electrons. The molecule has 0 amide bonds. The Bertz CT molecular complexity index is 444. The average Bonchev–Trinajstić information content (AvgIpc) is 2.50. The van der Waals surface area contributed by atoms with Crippen LogP contribution in [-0.2, 0) is 0 Å². The van der Waals surface area contributed by atoms with Crippen molar-refractivity contribution in [2.24, 2.45) is 0 Å². The molecule has 0 atom stereocenters. The summed E-state index contributed by atoms with van der Waals surface area (Å²) in [4.78, 5) is 11.8. The molecule has 0 aliphatic heterocycles. The molecule has 2 aromatic rings. The number of aromatic nitrogens is 3. The minimum Gasteiger partial charge on any atom is -0.367 e. The predicted octanol–water partition coefficient (Wildman–Crippen LogP) is 2.09. The van der Waals surface area contributed by atoms with Crippen molar-refractivity contribution in [1.29, 1.82) is 0 Å². The van der Waals surface area contributed by atoms with Crippen molar-refractivity contribution in [3.05, 3.63) is 18.1 Å². The van der Waals surface area contributed by atoms with Crippen LogP contribution in [0.1, 0.15) is 19.7 Å². The van der Waals surface area contributed by atoms with E-state index in [1.807, 2.05) is 19.2 Å². The maximum absolute atomic E-state index is 4.37. The van der Waals surface area contributed by atoms with Crippen molar-refractivity contribution in [3.8, 4) is 0 Å². The molecule has 14 heavy (non-hydrogen) atoms. The van der Waals surface area contributed by atoms with Crippen LogP contribution in [0.25, 0.3) is 11.0 Å². The molecule has 2 rings (SSSR count). The van der Waals surface area contributed by atoms with Gasteiger partial charge in [-0.15, -0.1) is 0 Å². The van der Waals surface area contributed by atoms with Crippen LogP contribution in [0.15, 0.2) is 12.3 Å². The van der Waals surface area contributed by atoms with Gasteiger partial charge in [0.05, 0.1) is 5.39 Å². The quantitative estimate of drug-likeness (QED) is 0.762. The van der Waals surface area contributed by atoms with Crippen LogP contribution >= 0.6 is 0 Å². The summed E-state index contributed by atoms with van der Waals surface area (Å²) in [5.74, 6) is 1.69. The van der Waals surface area contributed by atoms with Crippen molar-refractivity contribution in [2.45, 2.75) is 26.8 Å². The van der Waals surface area contributed by atoms with Gasteiger partial charge in [0.15, 0.2) is 0 Å². The summed E-state index contributed by atoms with van der Waals surface area (Å²) in [6, 6.07) is 2.36. The van der Waals surface area contributed by atoms with Gasteiger partial charge in [-0.25, -0.2) is 9.97 Å². The molecule has 0 saturated heterocycles. The Labute approximate surface area is 82.8 Å². The summed E-state index contributed by atoms with van der Waals surface area (Å²) in [5, 5.41) is 4.35. The standard InChI is InChI=1S/C10H14N4/c1-6(2)12-10-8-4-5-11-9(8)13-7(3)14-10/h4-6H,1-3H3,(H2,11,12,13,14). The fourth-order valence-electron chi connectivity index (χ4n) is 1.44. The predicted molar refractivity (Wildman–Crippen MR) is 57.4 cm³/mol. The summed E-state index contributed by atoms with van der Waals surface area (Å²) in [6.07, 6.45) is 1.88. The fraction of sp³-hybridized carbons (Fsp3) is 0.400. The van der Waals surface area contributed by atoms with Crippen LogP contribution in [0.5, 0.6) is 0 Å². The van der Waals surface area contributed by atoms with E-state index in [2.05, 4.69) is 34.1 Å². The number of nitrogens with zero attached hydrogens (tertiary/aromatic N) is 2. The Kier molecular flexibility index (Phi) is 2.11. The minimum absolute atomic E-state index is 0.377. The summed E-state index contributed by atoms with van der Waals surface area (Å²) >= 11 is 0. The third-order valence-electron chi connectivity index (χ3n) is 1.95. The van der Waals surface area contributed by atoms with Crippen molar-refractivity contribution in [3.63, 3.8) is 0 Å². The van der Waals surface area contributed by atoms with Gasteiger partial charge in [-0.2, -0.15) is 0 Å². The summed E-state index contributed by atoms with van der Waals surface area (Å²) < 4.78 is 0. The second-order valence-corrected chi connectivity index (χ2v) is 3.66. The van der Waals surface area contributed by atoms with Crippen molar-refractivity contribution >= 4 is 16.9 Å². The molecule has 2 heterocycles. The molecule has 2 aromatic heterocycles. The number of hydrogen-bond acceptors (Lipinski definition) is 3. The molecular weight excluding hydrogens is 176 g/mol. The molecule has 4 heteroatoms. The van der Waals surface area contributed by atoms with Crippen LogP contribution in [0.3, 0.4) is 0 Å². The third kappa shape index (κ3) is 1.55. The second-order valence-electron chi connectivity index (χ2n) is 3.66. The number of aryl methyl sites for hydroxylation is 1. The maximum atomic E-state index is 4.37. The van der Waals surface area contributed by atoms with Crippen LogP contribution in [0.4, 0.5) is 5.82 Å². The van der Waals surface area contributed by atoms with Crippen molar-refractivity contribution in [2.75, 3.05) is 5.32 Å². The maximum Gasteiger partial charge on any atom is 0.143 e. The lowest BCUT2D eigenvalue weighted by molar-refractivity contribution is 0.886. The van der Waals surface area contributed by atoms with Crippen molar-refractivity contribution < 1.29 is 0 Å². The molecule has 4 nitrogen and oxygen atoms in total. The number of nitrogens with one attached hydrogen (secondary N) is 2. The highest BCUT2D eigenvalue weighted by molar-refractivity contribution is 5.87. The Hall–Kier alpha value is -1.58. The molecule has 0 unspecified atom stereocenters. The van der Waals surface area contributed by atoms with Gasteiger partial charge >= 0.3 is 0 Å². The summed E-state index contributed by atoms with van der Waals surface area (Å²) in [5.41, 5.74) is 0.889. The van der Waals surface area contributed by atoms with Gasteiger partial charge in [0.25, 0.3) is 0 Å². The van der Waals surface area contributed by atoms with E-state index in [9.17, 15) is 0 Å². The molecule has 0 bridgehead atoms. The topological polar surface area (TPSA) is 53.6 Å². The minimum atomic E-state index is 0.377. The van der Waals surface area contributed by atoms with Crippen LogP contribution in [0, 0.1) is 6.92 Å². The van der Waals surface area contributed by atoms with E-state index in [0.29, 0.717) is 6.04 Å². The SMILES string of the molecule is Cc1nc(NC(C)C)c2cc[nH]c2n1. The first-order chi connectivity index (χ1) is 6.66. The number of rotatable bonds is 2. The monoisotopic (exact) mass is 190 g/mol. The highest BCUT2D eigenvalue weighted by Gasteiger charge is 2.06. The van der Waals surface area contributed by atoms with E-state index < -0.39 is 0 Å². The number of aromatic amines is 1. The fourth-order valence-corrected chi connectivity index (χ4v) is 1.44. The smallest absolute Gasteiger partial charge is 0.143 e.